The van der Waals surface area contributed by atoms with E-state index in [9.17, 15) is 4.79 Å². The van der Waals surface area contributed by atoms with Crippen molar-refractivity contribution in [3.8, 4) is 5.75 Å². The maximum absolute atomic E-state index is 12.0. The summed E-state index contributed by atoms with van der Waals surface area (Å²) in [5, 5.41) is 7.09. The molecule has 0 saturated heterocycles. The predicted octanol–water partition coefficient (Wildman–Crippen LogP) is 3.57. The monoisotopic (exact) mass is 335 g/mol. The lowest BCUT2D eigenvalue weighted by Crippen LogP contribution is -2.20. The van der Waals surface area contributed by atoms with Gasteiger partial charge in [0.25, 0.3) is 5.91 Å². The summed E-state index contributed by atoms with van der Waals surface area (Å²) in [6, 6.07) is 15.9. The summed E-state index contributed by atoms with van der Waals surface area (Å²) in [7, 11) is 0. The van der Waals surface area contributed by atoms with Gasteiger partial charge >= 0.3 is 0 Å². The van der Waals surface area contributed by atoms with Crippen molar-refractivity contribution in [2.24, 2.45) is 0 Å². The van der Waals surface area contributed by atoms with Gasteiger partial charge in [-0.3, -0.25) is 9.48 Å². The van der Waals surface area contributed by atoms with E-state index in [1.165, 1.54) is 11.1 Å². The fourth-order valence-electron chi connectivity index (χ4n) is 2.57. The molecule has 0 fully saturated rings. The van der Waals surface area contributed by atoms with E-state index in [2.05, 4.69) is 35.5 Å². The molecule has 128 valence electrons. The van der Waals surface area contributed by atoms with Gasteiger partial charge in [0.15, 0.2) is 6.61 Å². The molecule has 0 unspecified atom stereocenters. The molecule has 2 aromatic carbocycles. The molecule has 0 saturated carbocycles. The van der Waals surface area contributed by atoms with E-state index in [0.717, 1.165) is 5.56 Å². The number of anilines is 1. The molecule has 0 spiro atoms. The van der Waals surface area contributed by atoms with Crippen LogP contribution < -0.4 is 10.1 Å². The first-order valence-electron chi connectivity index (χ1n) is 8.16. The number of benzene rings is 2. The van der Waals surface area contributed by atoms with Gasteiger partial charge in [-0.2, -0.15) is 5.10 Å². The van der Waals surface area contributed by atoms with Gasteiger partial charge in [0, 0.05) is 6.20 Å². The molecule has 0 radical (unpaired) electrons. The number of carbonyl (C=O) groups is 1. The molecule has 1 aromatic heterocycles. The van der Waals surface area contributed by atoms with Crippen molar-refractivity contribution in [3.05, 3.63) is 77.6 Å². The van der Waals surface area contributed by atoms with Gasteiger partial charge in [-0.25, -0.2) is 0 Å². The van der Waals surface area contributed by atoms with E-state index in [1.807, 2.05) is 43.5 Å². The SMILES string of the molecule is Cc1cccc(Cn2cc(NC(=O)COc3ccccc3C)cn2)c1. The Morgan fingerprint density at radius 2 is 2.00 bits per heavy atom. The topological polar surface area (TPSA) is 56.2 Å². The number of hydrogen-bond donors (Lipinski definition) is 1. The molecule has 25 heavy (non-hydrogen) atoms. The van der Waals surface area contributed by atoms with E-state index in [1.54, 1.807) is 10.9 Å². The van der Waals surface area contributed by atoms with Crippen molar-refractivity contribution in [3.63, 3.8) is 0 Å². The number of carbonyl (C=O) groups excluding carboxylic acids is 1. The molecule has 0 atom stereocenters. The van der Waals surface area contributed by atoms with Crippen LogP contribution in [-0.2, 0) is 11.3 Å². The Morgan fingerprint density at radius 1 is 1.16 bits per heavy atom. The van der Waals surface area contributed by atoms with Gasteiger partial charge in [-0.1, -0.05) is 48.0 Å². The van der Waals surface area contributed by atoms with Crippen LogP contribution in [0.1, 0.15) is 16.7 Å². The number of rotatable bonds is 6. The van der Waals surface area contributed by atoms with Crippen LogP contribution in [0.25, 0.3) is 0 Å². The average Bonchev–Trinajstić information content (AvgIpc) is 3.01. The third kappa shape index (κ3) is 4.70. The molecule has 0 aliphatic heterocycles. The summed E-state index contributed by atoms with van der Waals surface area (Å²) in [5.74, 6) is 0.506. The average molecular weight is 335 g/mol. The Bertz CT molecular complexity index is 871. The van der Waals surface area contributed by atoms with Crippen molar-refractivity contribution < 1.29 is 9.53 Å². The van der Waals surface area contributed by atoms with E-state index >= 15 is 0 Å². The minimum atomic E-state index is -0.210. The third-order valence-corrected chi connectivity index (χ3v) is 3.80. The minimum absolute atomic E-state index is 0.0338. The maximum atomic E-state index is 12.0. The minimum Gasteiger partial charge on any atom is -0.483 e. The second-order valence-electron chi connectivity index (χ2n) is 6.02. The van der Waals surface area contributed by atoms with Gasteiger partial charge in [0.05, 0.1) is 18.4 Å². The Kier molecular flexibility index (Phi) is 5.14. The van der Waals surface area contributed by atoms with Crippen LogP contribution in [0.5, 0.6) is 5.75 Å². The Morgan fingerprint density at radius 3 is 2.80 bits per heavy atom. The molecule has 0 aliphatic rings. The Balaban J connectivity index is 1.54. The molecule has 0 bridgehead atoms. The van der Waals surface area contributed by atoms with E-state index in [-0.39, 0.29) is 12.5 Å². The van der Waals surface area contributed by atoms with Crippen LogP contribution in [-0.4, -0.2) is 22.3 Å². The summed E-state index contributed by atoms with van der Waals surface area (Å²) >= 11 is 0. The van der Waals surface area contributed by atoms with E-state index in [4.69, 9.17) is 4.74 Å². The lowest BCUT2D eigenvalue weighted by molar-refractivity contribution is -0.118. The first-order chi connectivity index (χ1) is 12.1. The van der Waals surface area contributed by atoms with Gasteiger partial charge in [0.2, 0.25) is 0 Å². The summed E-state index contributed by atoms with van der Waals surface area (Å²) < 4.78 is 7.35. The van der Waals surface area contributed by atoms with Gasteiger partial charge in [-0.15, -0.1) is 0 Å². The van der Waals surface area contributed by atoms with Crippen LogP contribution in [0.4, 0.5) is 5.69 Å². The lowest BCUT2D eigenvalue weighted by atomic mass is 10.1. The number of nitrogens with one attached hydrogen (secondary N) is 1. The summed E-state index contributed by atoms with van der Waals surface area (Å²) in [6.07, 6.45) is 3.45. The number of aryl methyl sites for hydroxylation is 2. The predicted molar refractivity (Wildman–Crippen MR) is 97.8 cm³/mol. The summed E-state index contributed by atoms with van der Waals surface area (Å²) in [6.45, 7) is 4.64. The third-order valence-electron chi connectivity index (χ3n) is 3.80. The zero-order valence-electron chi connectivity index (χ0n) is 14.4. The summed E-state index contributed by atoms with van der Waals surface area (Å²) in [4.78, 5) is 12.0. The molecule has 5 heteroatoms. The molecular weight excluding hydrogens is 314 g/mol. The van der Waals surface area contributed by atoms with Crippen LogP contribution in [0, 0.1) is 13.8 Å². The molecule has 1 heterocycles. The van der Waals surface area contributed by atoms with Crippen LogP contribution >= 0.6 is 0 Å². The quantitative estimate of drug-likeness (QED) is 0.749. The van der Waals surface area contributed by atoms with Crippen molar-refractivity contribution in [2.75, 3.05) is 11.9 Å². The van der Waals surface area contributed by atoms with Crippen molar-refractivity contribution in [1.29, 1.82) is 0 Å². The zero-order valence-corrected chi connectivity index (χ0v) is 14.4. The van der Waals surface area contributed by atoms with Gasteiger partial charge < -0.3 is 10.1 Å². The molecule has 3 rings (SSSR count). The molecule has 1 amide bonds. The van der Waals surface area contributed by atoms with E-state index in [0.29, 0.717) is 18.0 Å². The highest BCUT2D eigenvalue weighted by Gasteiger charge is 2.07. The highest BCUT2D eigenvalue weighted by atomic mass is 16.5. The number of para-hydroxylation sites is 1. The van der Waals surface area contributed by atoms with Gasteiger partial charge in [-0.05, 0) is 31.0 Å². The fourth-order valence-corrected chi connectivity index (χ4v) is 2.57. The molecular formula is C20H21N3O2. The number of amides is 1. The normalized spacial score (nSPS) is 10.5. The number of hydrogen-bond acceptors (Lipinski definition) is 3. The number of ether oxygens (including phenoxy) is 1. The van der Waals surface area contributed by atoms with Crippen LogP contribution in [0.2, 0.25) is 0 Å². The molecule has 0 aliphatic carbocycles. The Hall–Kier alpha value is -3.08. The first kappa shape index (κ1) is 16.8. The van der Waals surface area contributed by atoms with Crippen molar-refractivity contribution in [2.45, 2.75) is 20.4 Å². The van der Waals surface area contributed by atoms with Gasteiger partial charge in [0.1, 0.15) is 5.75 Å². The Labute approximate surface area is 147 Å². The smallest absolute Gasteiger partial charge is 0.262 e. The zero-order chi connectivity index (χ0) is 17.6. The van der Waals surface area contributed by atoms with Crippen molar-refractivity contribution >= 4 is 11.6 Å². The molecule has 1 N–H and O–H groups in total. The number of aromatic nitrogens is 2. The maximum Gasteiger partial charge on any atom is 0.262 e. The lowest BCUT2D eigenvalue weighted by Gasteiger charge is -2.08. The standard InChI is InChI=1S/C20H21N3O2/c1-15-6-5-8-17(10-15)12-23-13-18(11-21-23)22-20(24)14-25-19-9-4-3-7-16(19)2/h3-11,13H,12,14H2,1-2H3,(H,22,24). The second kappa shape index (κ2) is 7.66. The largest absolute Gasteiger partial charge is 0.483 e. The molecule has 5 nitrogen and oxygen atoms in total. The van der Waals surface area contributed by atoms with E-state index < -0.39 is 0 Å². The first-order valence-corrected chi connectivity index (χ1v) is 8.16. The highest BCUT2D eigenvalue weighted by molar-refractivity contribution is 5.91. The molecule has 3 aromatic rings. The fraction of sp³-hybridized carbons (Fsp3) is 0.200. The number of nitrogens with zero attached hydrogens (tertiary/aromatic N) is 2. The summed E-state index contributed by atoms with van der Waals surface area (Å²) in [5.41, 5.74) is 4.04. The highest BCUT2D eigenvalue weighted by Crippen LogP contribution is 2.16. The van der Waals surface area contributed by atoms with Crippen LogP contribution in [0.15, 0.2) is 60.9 Å². The second-order valence-corrected chi connectivity index (χ2v) is 6.02. The van der Waals surface area contributed by atoms with Crippen LogP contribution in [0.3, 0.4) is 0 Å². The van der Waals surface area contributed by atoms with Crippen molar-refractivity contribution in [1.82, 2.24) is 9.78 Å².